The van der Waals surface area contributed by atoms with E-state index in [1.807, 2.05) is 6.92 Å². The lowest BCUT2D eigenvalue weighted by atomic mass is 10.0. The first kappa shape index (κ1) is 17.0. The summed E-state index contributed by atoms with van der Waals surface area (Å²) >= 11 is 1.73. The van der Waals surface area contributed by atoms with Gasteiger partial charge in [-0.3, -0.25) is 0 Å². The summed E-state index contributed by atoms with van der Waals surface area (Å²) in [4.78, 5) is 10.4. The van der Waals surface area contributed by atoms with Gasteiger partial charge < -0.3 is 10.6 Å². The van der Waals surface area contributed by atoms with E-state index < -0.39 is 0 Å². The highest BCUT2D eigenvalue weighted by Crippen LogP contribution is 2.17. The van der Waals surface area contributed by atoms with Gasteiger partial charge in [0.05, 0.1) is 17.2 Å². The molecule has 0 aliphatic rings. The fourth-order valence-corrected chi connectivity index (χ4v) is 2.89. The van der Waals surface area contributed by atoms with Crippen LogP contribution in [0.3, 0.4) is 0 Å². The Hall–Kier alpha value is -1.10. The van der Waals surface area contributed by atoms with E-state index in [0.29, 0.717) is 12.5 Å². The second-order valence-electron chi connectivity index (χ2n) is 5.00. The molecule has 1 aromatic rings. The number of nitrogens with one attached hydrogen (secondary N) is 2. The first-order chi connectivity index (χ1) is 9.60. The molecule has 0 radical (unpaired) electrons. The molecule has 0 aromatic carbocycles. The summed E-state index contributed by atoms with van der Waals surface area (Å²) in [5, 5.41) is 7.86. The van der Waals surface area contributed by atoms with Crippen molar-refractivity contribution in [2.24, 2.45) is 10.9 Å². The fourth-order valence-electron chi connectivity index (χ4n) is 2.03. The number of guanidine groups is 1. The van der Waals surface area contributed by atoms with Crippen LogP contribution in [0.15, 0.2) is 4.99 Å². The lowest BCUT2D eigenvalue weighted by Crippen LogP contribution is -2.39. The van der Waals surface area contributed by atoms with Crippen LogP contribution in [0.4, 0.5) is 0 Å². The van der Waals surface area contributed by atoms with Crippen molar-refractivity contribution < 1.29 is 0 Å². The van der Waals surface area contributed by atoms with E-state index in [-0.39, 0.29) is 0 Å². The van der Waals surface area contributed by atoms with Gasteiger partial charge >= 0.3 is 0 Å². The number of hydrogen-bond donors (Lipinski definition) is 2. The van der Waals surface area contributed by atoms with E-state index in [4.69, 9.17) is 0 Å². The Morgan fingerprint density at radius 2 is 1.90 bits per heavy atom. The van der Waals surface area contributed by atoms with Crippen molar-refractivity contribution in [1.29, 1.82) is 0 Å². The molecule has 5 heteroatoms. The highest BCUT2D eigenvalue weighted by molar-refractivity contribution is 7.11. The van der Waals surface area contributed by atoms with Gasteiger partial charge in [-0.05, 0) is 26.7 Å². The molecule has 0 aliphatic heterocycles. The van der Waals surface area contributed by atoms with E-state index in [1.54, 1.807) is 11.3 Å². The van der Waals surface area contributed by atoms with E-state index in [2.05, 4.69) is 48.3 Å². The smallest absolute Gasteiger partial charge is 0.191 e. The topological polar surface area (TPSA) is 49.3 Å². The molecule has 1 aromatic heterocycles. The lowest BCUT2D eigenvalue weighted by Gasteiger charge is -2.16. The van der Waals surface area contributed by atoms with Gasteiger partial charge in [0, 0.05) is 18.0 Å². The van der Waals surface area contributed by atoms with Gasteiger partial charge in [-0.2, -0.15) is 0 Å². The number of aliphatic imine (C=N–C) groups is 1. The number of thiazole rings is 1. The molecule has 114 valence electrons. The van der Waals surface area contributed by atoms with Crippen LogP contribution in [-0.4, -0.2) is 24.0 Å². The van der Waals surface area contributed by atoms with Crippen LogP contribution in [-0.2, 0) is 6.54 Å². The number of aryl methyl sites for hydroxylation is 2. The predicted octanol–water partition coefficient (Wildman–Crippen LogP) is 3.25. The Labute approximate surface area is 127 Å². The number of rotatable bonds is 7. The fraction of sp³-hybridized carbons (Fsp3) is 0.733. The summed E-state index contributed by atoms with van der Waals surface area (Å²) in [5.41, 5.74) is 1.10. The summed E-state index contributed by atoms with van der Waals surface area (Å²) in [6.07, 6.45) is 2.41. The predicted molar refractivity (Wildman–Crippen MR) is 88.5 cm³/mol. The van der Waals surface area contributed by atoms with Crippen molar-refractivity contribution in [2.75, 3.05) is 13.1 Å². The first-order valence-electron chi connectivity index (χ1n) is 7.55. The molecule has 0 saturated heterocycles. The second kappa shape index (κ2) is 8.95. The first-order valence-corrected chi connectivity index (χ1v) is 8.37. The van der Waals surface area contributed by atoms with Crippen LogP contribution in [0.25, 0.3) is 0 Å². The summed E-state index contributed by atoms with van der Waals surface area (Å²) in [7, 11) is 0. The molecular weight excluding hydrogens is 268 g/mol. The molecule has 0 unspecified atom stereocenters. The molecule has 0 spiro atoms. The summed E-state index contributed by atoms with van der Waals surface area (Å²) in [6, 6.07) is 0. The van der Waals surface area contributed by atoms with Crippen LogP contribution >= 0.6 is 11.3 Å². The standard InChI is InChI=1S/C15H28N4S/c1-6-13(7-2)9-17-15(16-8-3)18-10-14-11(4)19-12(5)20-14/h13H,6-10H2,1-5H3,(H2,16,17,18). The number of aromatic nitrogens is 1. The Morgan fingerprint density at radius 3 is 2.40 bits per heavy atom. The minimum atomic E-state index is 0.704. The summed E-state index contributed by atoms with van der Waals surface area (Å²) in [6.45, 7) is 13.2. The Bertz CT molecular complexity index is 422. The minimum absolute atomic E-state index is 0.704. The molecule has 20 heavy (non-hydrogen) atoms. The van der Waals surface area contributed by atoms with Gasteiger partial charge in [0.25, 0.3) is 0 Å². The van der Waals surface area contributed by atoms with Gasteiger partial charge in [-0.1, -0.05) is 26.7 Å². The largest absolute Gasteiger partial charge is 0.357 e. The van der Waals surface area contributed by atoms with Crippen LogP contribution in [0.5, 0.6) is 0 Å². The van der Waals surface area contributed by atoms with Crippen LogP contribution < -0.4 is 10.6 Å². The molecular formula is C15H28N4S. The maximum absolute atomic E-state index is 4.66. The van der Waals surface area contributed by atoms with Crippen molar-refractivity contribution in [3.63, 3.8) is 0 Å². The van der Waals surface area contributed by atoms with Crippen LogP contribution in [0.2, 0.25) is 0 Å². The Balaban J connectivity index is 2.60. The zero-order valence-corrected chi connectivity index (χ0v) is 14.2. The van der Waals surface area contributed by atoms with E-state index in [1.165, 1.54) is 17.7 Å². The molecule has 1 heterocycles. The Morgan fingerprint density at radius 1 is 1.20 bits per heavy atom. The van der Waals surface area contributed by atoms with Crippen molar-refractivity contribution in [3.05, 3.63) is 15.6 Å². The molecule has 2 N–H and O–H groups in total. The van der Waals surface area contributed by atoms with Crippen molar-refractivity contribution in [1.82, 2.24) is 15.6 Å². The van der Waals surface area contributed by atoms with Crippen LogP contribution in [0, 0.1) is 19.8 Å². The number of nitrogens with zero attached hydrogens (tertiary/aromatic N) is 2. The average molecular weight is 296 g/mol. The molecule has 0 atom stereocenters. The van der Waals surface area contributed by atoms with Gasteiger partial charge in [0.1, 0.15) is 0 Å². The van der Waals surface area contributed by atoms with Crippen molar-refractivity contribution in [2.45, 2.75) is 54.0 Å². The molecule has 4 nitrogen and oxygen atoms in total. The monoisotopic (exact) mass is 296 g/mol. The third-order valence-electron chi connectivity index (χ3n) is 3.44. The SMILES string of the molecule is CCNC(=NCc1sc(C)nc1C)NCC(CC)CC. The highest BCUT2D eigenvalue weighted by atomic mass is 32.1. The zero-order valence-electron chi connectivity index (χ0n) is 13.4. The van der Waals surface area contributed by atoms with Gasteiger partial charge in [0.15, 0.2) is 5.96 Å². The maximum atomic E-state index is 4.66. The van der Waals surface area contributed by atoms with E-state index in [9.17, 15) is 0 Å². The number of hydrogen-bond acceptors (Lipinski definition) is 3. The third-order valence-corrected chi connectivity index (χ3v) is 4.50. The maximum Gasteiger partial charge on any atom is 0.191 e. The molecule has 0 amide bonds. The Kier molecular flexibility index (Phi) is 7.59. The summed E-state index contributed by atoms with van der Waals surface area (Å²) in [5.74, 6) is 1.62. The molecule has 0 fully saturated rings. The molecule has 1 rings (SSSR count). The quantitative estimate of drug-likeness (QED) is 0.600. The molecule has 0 aliphatic carbocycles. The zero-order chi connectivity index (χ0) is 15.0. The normalized spacial score (nSPS) is 12.0. The summed E-state index contributed by atoms with van der Waals surface area (Å²) < 4.78 is 0. The lowest BCUT2D eigenvalue weighted by molar-refractivity contribution is 0.481. The average Bonchev–Trinajstić information content (AvgIpc) is 2.75. The third kappa shape index (κ3) is 5.49. The van der Waals surface area contributed by atoms with E-state index >= 15 is 0 Å². The second-order valence-corrected chi connectivity index (χ2v) is 6.29. The van der Waals surface area contributed by atoms with Gasteiger partial charge in [0.2, 0.25) is 0 Å². The highest BCUT2D eigenvalue weighted by Gasteiger charge is 2.07. The van der Waals surface area contributed by atoms with Gasteiger partial charge in [-0.15, -0.1) is 11.3 Å². The molecule has 0 bridgehead atoms. The molecule has 0 saturated carbocycles. The minimum Gasteiger partial charge on any atom is -0.357 e. The van der Waals surface area contributed by atoms with Crippen LogP contribution in [0.1, 0.15) is 49.2 Å². The van der Waals surface area contributed by atoms with Crippen molar-refractivity contribution >= 4 is 17.3 Å². The van der Waals surface area contributed by atoms with Gasteiger partial charge in [-0.25, -0.2) is 9.98 Å². The van der Waals surface area contributed by atoms with Crippen molar-refractivity contribution in [3.8, 4) is 0 Å². The van der Waals surface area contributed by atoms with E-state index in [0.717, 1.165) is 29.8 Å².